The summed E-state index contributed by atoms with van der Waals surface area (Å²) in [7, 11) is 0. The zero-order chi connectivity index (χ0) is 21.0. The Labute approximate surface area is 165 Å². The zero-order valence-electron chi connectivity index (χ0n) is 15.5. The third-order valence-electron chi connectivity index (χ3n) is 4.31. The molecule has 0 radical (unpaired) electrons. The molecule has 0 saturated carbocycles. The molecule has 2 aromatic carbocycles. The molecular weight excluding hydrogens is 389 g/mol. The Bertz CT molecular complexity index is 867. The van der Waals surface area contributed by atoms with Gasteiger partial charge in [-0.1, -0.05) is 0 Å². The summed E-state index contributed by atoms with van der Waals surface area (Å²) in [6.07, 6.45) is -4.73. The summed E-state index contributed by atoms with van der Waals surface area (Å²) in [5.41, 5.74) is 0.985. The summed E-state index contributed by atoms with van der Waals surface area (Å²) in [6.45, 7) is 2.62. The van der Waals surface area contributed by atoms with E-state index in [0.29, 0.717) is 23.7 Å². The minimum absolute atomic E-state index is 0.0499. The Morgan fingerprint density at radius 3 is 2.31 bits per heavy atom. The lowest BCUT2D eigenvalue weighted by molar-refractivity contribution is -0.274. The number of amides is 2. The standard InChI is InChI=1S/C20H19F3N2O4/c1-2-28-16-9-5-15(6-10-16)25-12-13(11-18(25)26)19(27)24-14-3-7-17(8-4-14)29-20(21,22)23/h3-10,13H,2,11-12H2,1H3,(H,24,27). The Morgan fingerprint density at radius 2 is 1.72 bits per heavy atom. The maximum atomic E-state index is 12.5. The fraction of sp³-hybridized carbons (Fsp3) is 0.300. The van der Waals surface area contributed by atoms with Gasteiger partial charge in [-0.25, -0.2) is 0 Å². The molecule has 0 aromatic heterocycles. The molecule has 2 aromatic rings. The van der Waals surface area contributed by atoms with Gasteiger partial charge in [0.05, 0.1) is 12.5 Å². The van der Waals surface area contributed by atoms with Gasteiger partial charge in [0.25, 0.3) is 0 Å². The van der Waals surface area contributed by atoms with Crippen molar-refractivity contribution < 1.29 is 32.2 Å². The second-order valence-electron chi connectivity index (χ2n) is 6.39. The quantitative estimate of drug-likeness (QED) is 0.785. The monoisotopic (exact) mass is 408 g/mol. The van der Waals surface area contributed by atoms with E-state index < -0.39 is 12.3 Å². The number of benzene rings is 2. The number of carbonyl (C=O) groups is 2. The van der Waals surface area contributed by atoms with E-state index in [1.54, 1.807) is 24.3 Å². The number of hydrogen-bond acceptors (Lipinski definition) is 4. The summed E-state index contributed by atoms with van der Waals surface area (Å²) in [5, 5.41) is 2.62. The summed E-state index contributed by atoms with van der Waals surface area (Å²) in [4.78, 5) is 26.3. The highest BCUT2D eigenvalue weighted by Gasteiger charge is 2.35. The first kappa shape index (κ1) is 20.5. The average Bonchev–Trinajstić information content (AvgIpc) is 3.05. The molecule has 3 rings (SSSR count). The number of anilines is 2. The summed E-state index contributed by atoms with van der Waals surface area (Å²) >= 11 is 0. The third kappa shape index (κ3) is 5.40. The van der Waals surface area contributed by atoms with E-state index in [9.17, 15) is 22.8 Å². The van der Waals surface area contributed by atoms with Gasteiger partial charge in [0.2, 0.25) is 11.8 Å². The van der Waals surface area contributed by atoms with Gasteiger partial charge >= 0.3 is 6.36 Å². The van der Waals surface area contributed by atoms with Crippen molar-refractivity contribution in [2.45, 2.75) is 19.7 Å². The highest BCUT2D eigenvalue weighted by atomic mass is 19.4. The van der Waals surface area contributed by atoms with Crippen molar-refractivity contribution in [1.82, 2.24) is 0 Å². The van der Waals surface area contributed by atoms with Crippen molar-refractivity contribution in [2.24, 2.45) is 5.92 Å². The number of hydrogen-bond donors (Lipinski definition) is 1. The van der Waals surface area contributed by atoms with Gasteiger partial charge in [-0.15, -0.1) is 13.2 Å². The molecule has 1 fully saturated rings. The van der Waals surface area contributed by atoms with Gasteiger partial charge in [-0.3, -0.25) is 9.59 Å². The third-order valence-corrected chi connectivity index (χ3v) is 4.31. The van der Waals surface area contributed by atoms with E-state index >= 15 is 0 Å². The predicted octanol–water partition coefficient (Wildman–Crippen LogP) is 3.98. The van der Waals surface area contributed by atoms with Crippen LogP contribution >= 0.6 is 0 Å². The van der Waals surface area contributed by atoms with Crippen LogP contribution in [0, 0.1) is 5.92 Å². The molecule has 1 unspecified atom stereocenters. The first-order valence-electron chi connectivity index (χ1n) is 8.95. The molecule has 6 nitrogen and oxygen atoms in total. The Hall–Kier alpha value is -3.23. The van der Waals surface area contributed by atoms with Crippen molar-refractivity contribution in [3.8, 4) is 11.5 Å². The average molecular weight is 408 g/mol. The molecular formula is C20H19F3N2O4. The molecule has 0 aliphatic carbocycles. The lowest BCUT2D eigenvalue weighted by atomic mass is 10.1. The molecule has 1 atom stereocenters. The number of ether oxygens (including phenoxy) is 2. The van der Waals surface area contributed by atoms with Gasteiger partial charge in [0.1, 0.15) is 11.5 Å². The number of carbonyl (C=O) groups excluding carboxylic acids is 2. The number of rotatable bonds is 6. The molecule has 1 saturated heterocycles. The maximum absolute atomic E-state index is 12.5. The van der Waals surface area contributed by atoms with E-state index in [2.05, 4.69) is 10.1 Å². The van der Waals surface area contributed by atoms with Crippen molar-refractivity contribution in [3.63, 3.8) is 0 Å². The van der Waals surface area contributed by atoms with Crippen LogP contribution in [0.15, 0.2) is 48.5 Å². The van der Waals surface area contributed by atoms with Crippen molar-refractivity contribution in [1.29, 1.82) is 0 Å². The second-order valence-corrected chi connectivity index (χ2v) is 6.39. The Balaban J connectivity index is 1.60. The van der Waals surface area contributed by atoms with Crippen LogP contribution in [0.3, 0.4) is 0 Å². The summed E-state index contributed by atoms with van der Waals surface area (Å²) in [6, 6.07) is 11.8. The van der Waals surface area contributed by atoms with Crippen molar-refractivity contribution in [3.05, 3.63) is 48.5 Å². The fourth-order valence-electron chi connectivity index (χ4n) is 3.01. The molecule has 0 bridgehead atoms. The normalized spacial score (nSPS) is 16.6. The summed E-state index contributed by atoms with van der Waals surface area (Å²) in [5.74, 6) is -0.817. The van der Waals surface area contributed by atoms with Crippen LogP contribution in [-0.2, 0) is 9.59 Å². The van der Waals surface area contributed by atoms with E-state index in [-0.39, 0.29) is 30.5 Å². The fourth-order valence-corrected chi connectivity index (χ4v) is 3.01. The van der Waals surface area contributed by atoms with E-state index in [1.807, 2.05) is 6.92 Å². The first-order chi connectivity index (χ1) is 13.7. The van der Waals surface area contributed by atoms with Crippen molar-refractivity contribution >= 4 is 23.2 Å². The first-order valence-corrected chi connectivity index (χ1v) is 8.95. The molecule has 1 heterocycles. The maximum Gasteiger partial charge on any atom is 0.573 e. The molecule has 2 amide bonds. The minimum Gasteiger partial charge on any atom is -0.494 e. The van der Waals surface area contributed by atoms with E-state index in [0.717, 1.165) is 12.1 Å². The second kappa shape index (κ2) is 8.42. The minimum atomic E-state index is -4.78. The van der Waals surface area contributed by atoms with Crippen LogP contribution < -0.4 is 19.7 Å². The van der Waals surface area contributed by atoms with Gasteiger partial charge in [0, 0.05) is 24.3 Å². The number of halogens is 3. The smallest absolute Gasteiger partial charge is 0.494 e. The molecule has 29 heavy (non-hydrogen) atoms. The topological polar surface area (TPSA) is 67.9 Å². The largest absolute Gasteiger partial charge is 0.573 e. The Kier molecular flexibility index (Phi) is 5.95. The van der Waals surface area contributed by atoms with Crippen molar-refractivity contribution in [2.75, 3.05) is 23.4 Å². The Morgan fingerprint density at radius 1 is 1.10 bits per heavy atom. The predicted molar refractivity (Wildman–Crippen MR) is 99.8 cm³/mol. The number of nitrogens with zero attached hydrogens (tertiary/aromatic N) is 1. The van der Waals surface area contributed by atoms with Crippen LogP contribution in [-0.4, -0.2) is 31.3 Å². The molecule has 0 spiro atoms. The van der Waals surface area contributed by atoms with E-state index in [4.69, 9.17) is 4.74 Å². The number of alkyl halides is 3. The number of nitrogens with one attached hydrogen (secondary N) is 1. The summed E-state index contributed by atoms with van der Waals surface area (Å²) < 4.78 is 45.7. The lowest BCUT2D eigenvalue weighted by Gasteiger charge is -2.17. The highest BCUT2D eigenvalue weighted by Crippen LogP contribution is 2.28. The molecule has 1 aliphatic rings. The van der Waals surface area contributed by atoms with Gasteiger partial charge in [-0.2, -0.15) is 0 Å². The van der Waals surface area contributed by atoms with Gasteiger partial charge in [0.15, 0.2) is 0 Å². The zero-order valence-corrected chi connectivity index (χ0v) is 15.5. The van der Waals surface area contributed by atoms with Crippen LogP contribution in [0.4, 0.5) is 24.5 Å². The van der Waals surface area contributed by atoms with Crippen LogP contribution in [0.5, 0.6) is 11.5 Å². The molecule has 9 heteroatoms. The van der Waals surface area contributed by atoms with Gasteiger partial charge in [-0.05, 0) is 55.5 Å². The lowest BCUT2D eigenvalue weighted by Crippen LogP contribution is -2.28. The molecule has 1 aliphatic heterocycles. The van der Waals surface area contributed by atoms with Crippen LogP contribution in [0.1, 0.15) is 13.3 Å². The van der Waals surface area contributed by atoms with E-state index in [1.165, 1.54) is 17.0 Å². The van der Waals surface area contributed by atoms with Crippen LogP contribution in [0.25, 0.3) is 0 Å². The highest BCUT2D eigenvalue weighted by molar-refractivity contribution is 6.03. The van der Waals surface area contributed by atoms with Crippen LogP contribution in [0.2, 0.25) is 0 Å². The van der Waals surface area contributed by atoms with Gasteiger partial charge < -0.3 is 19.7 Å². The SMILES string of the molecule is CCOc1ccc(N2CC(C(=O)Nc3ccc(OC(F)(F)F)cc3)CC2=O)cc1. The molecule has 1 N–H and O–H groups in total. The molecule has 154 valence electrons.